The van der Waals surface area contributed by atoms with Crippen LogP contribution in [-0.4, -0.2) is 70.0 Å². The van der Waals surface area contributed by atoms with Gasteiger partial charge in [-0.05, 0) is 83.5 Å². The summed E-state index contributed by atoms with van der Waals surface area (Å²) in [6.07, 6.45) is 56.8. The summed E-state index contributed by atoms with van der Waals surface area (Å²) in [5.74, 6) is -0.869. The zero-order valence-electron chi connectivity index (χ0n) is 42.0. The van der Waals surface area contributed by atoms with Crippen molar-refractivity contribution in [1.82, 2.24) is 0 Å². The van der Waals surface area contributed by atoms with Gasteiger partial charge in [0, 0.05) is 12.8 Å². The number of unbranched alkanes of at least 4 members (excludes halogenated alkanes) is 23. The Morgan fingerprint density at radius 3 is 1.31 bits per heavy atom. The van der Waals surface area contributed by atoms with Crippen LogP contribution in [0.1, 0.15) is 219 Å². The summed E-state index contributed by atoms with van der Waals surface area (Å²) in [7, 11) is 1.14. The van der Waals surface area contributed by atoms with Gasteiger partial charge in [0.25, 0.3) is 7.82 Å². The van der Waals surface area contributed by atoms with E-state index < -0.39 is 32.5 Å². The molecule has 0 fully saturated rings. The van der Waals surface area contributed by atoms with Gasteiger partial charge >= 0.3 is 11.9 Å². The molecular weight excluding hydrogens is 822 g/mol. The minimum Gasteiger partial charge on any atom is -0.756 e. The highest BCUT2D eigenvalue weighted by molar-refractivity contribution is 7.45. The molecule has 2 atom stereocenters. The molecule has 0 aromatic heterocycles. The quantitative estimate of drug-likeness (QED) is 0.0195. The molecule has 372 valence electrons. The number of phosphoric ester groups is 1. The second-order valence-corrected chi connectivity index (χ2v) is 19.9. The third-order valence-corrected chi connectivity index (χ3v) is 12.0. The Labute approximate surface area is 394 Å². The van der Waals surface area contributed by atoms with Crippen molar-refractivity contribution in [1.29, 1.82) is 0 Å². The monoisotopic (exact) mass is 920 g/mol. The van der Waals surface area contributed by atoms with Crippen molar-refractivity contribution in [3.8, 4) is 0 Å². The van der Waals surface area contributed by atoms with Gasteiger partial charge in [0.2, 0.25) is 0 Å². The van der Waals surface area contributed by atoms with Crippen LogP contribution in [0.5, 0.6) is 0 Å². The first-order chi connectivity index (χ1) is 31.0. The molecule has 0 saturated heterocycles. The normalized spacial score (nSPS) is 13.9. The maximum absolute atomic E-state index is 12.8. The number of nitrogens with zero attached hydrogens (tertiary/aromatic N) is 1. The van der Waals surface area contributed by atoms with E-state index >= 15 is 0 Å². The Bertz CT molecular complexity index is 1270. The fraction of sp³-hybridized carbons (Fsp3) is 0.778. The van der Waals surface area contributed by atoms with Crippen molar-refractivity contribution >= 4 is 19.8 Å². The largest absolute Gasteiger partial charge is 0.756 e. The molecule has 0 amide bonds. The van der Waals surface area contributed by atoms with E-state index in [0.717, 1.165) is 57.8 Å². The van der Waals surface area contributed by atoms with Gasteiger partial charge in [-0.15, -0.1) is 0 Å². The van der Waals surface area contributed by atoms with Crippen LogP contribution < -0.4 is 4.89 Å². The molecule has 0 rings (SSSR count). The van der Waals surface area contributed by atoms with Crippen molar-refractivity contribution in [2.45, 2.75) is 225 Å². The average Bonchev–Trinajstić information content (AvgIpc) is 3.25. The lowest BCUT2D eigenvalue weighted by molar-refractivity contribution is -0.870. The van der Waals surface area contributed by atoms with Crippen molar-refractivity contribution in [2.24, 2.45) is 0 Å². The first-order valence-corrected chi connectivity index (χ1v) is 27.5. The molecule has 9 nitrogen and oxygen atoms in total. The molecular formula is C54H98NO8P. The summed E-state index contributed by atoms with van der Waals surface area (Å²) < 4.78 is 34.0. The summed E-state index contributed by atoms with van der Waals surface area (Å²) in [5, 5.41) is 0. The summed E-state index contributed by atoms with van der Waals surface area (Å²) in [6.45, 7) is 4.17. The van der Waals surface area contributed by atoms with E-state index in [4.69, 9.17) is 18.5 Å². The number of likely N-dealkylation sites (N-methyl/N-ethyl adjacent to an activating group) is 1. The minimum absolute atomic E-state index is 0.0381. The molecule has 0 N–H and O–H groups in total. The van der Waals surface area contributed by atoms with Gasteiger partial charge in [0.1, 0.15) is 19.8 Å². The maximum atomic E-state index is 12.8. The van der Waals surface area contributed by atoms with Crippen molar-refractivity contribution in [3.05, 3.63) is 60.8 Å². The van der Waals surface area contributed by atoms with Gasteiger partial charge < -0.3 is 27.9 Å². The molecule has 0 bridgehead atoms. The molecule has 0 aromatic rings. The van der Waals surface area contributed by atoms with Gasteiger partial charge in [0.15, 0.2) is 6.10 Å². The fourth-order valence-electron chi connectivity index (χ4n) is 6.93. The molecule has 0 aliphatic rings. The van der Waals surface area contributed by atoms with Crippen LogP contribution in [-0.2, 0) is 32.7 Å². The number of ether oxygens (including phenoxy) is 2. The van der Waals surface area contributed by atoms with Crippen LogP contribution in [0.3, 0.4) is 0 Å². The standard InChI is InChI=1S/C54H98NO8P/c1-6-8-10-12-14-16-18-20-22-24-26-27-29-31-33-35-37-39-41-43-45-47-54(57)63-52(51-62-64(58,59)61-49-48-55(3,4)5)50-60-53(56)46-44-42-40-38-36-34-32-30-28-25-23-21-19-17-15-13-11-9-7-2/h15,17,20-23,28,30,34,36,52H,6-14,16,18-19,24-27,29,31-33,35,37-51H2,1-5H3/b17-15-,22-20-,23-21-,30-28-,36-34-/t52-/m1/s1. The van der Waals surface area contributed by atoms with Crippen LogP contribution in [0, 0.1) is 0 Å². The van der Waals surface area contributed by atoms with E-state index in [2.05, 4.69) is 74.6 Å². The molecule has 1 unspecified atom stereocenters. The lowest BCUT2D eigenvalue weighted by atomic mass is 10.0. The molecule has 0 aromatic carbocycles. The van der Waals surface area contributed by atoms with Gasteiger partial charge in [0.05, 0.1) is 27.7 Å². The van der Waals surface area contributed by atoms with Crippen LogP contribution in [0.15, 0.2) is 60.8 Å². The summed E-state index contributed by atoms with van der Waals surface area (Å²) in [5.41, 5.74) is 0. The Balaban J connectivity index is 4.31. The number of phosphoric acid groups is 1. The molecule has 0 spiro atoms. The molecule has 64 heavy (non-hydrogen) atoms. The van der Waals surface area contributed by atoms with Gasteiger partial charge in [-0.2, -0.15) is 0 Å². The van der Waals surface area contributed by atoms with Gasteiger partial charge in [-0.25, -0.2) is 0 Å². The van der Waals surface area contributed by atoms with Crippen molar-refractivity contribution in [2.75, 3.05) is 47.5 Å². The maximum Gasteiger partial charge on any atom is 0.306 e. The van der Waals surface area contributed by atoms with Crippen LogP contribution in [0.25, 0.3) is 0 Å². The number of rotatable bonds is 47. The molecule has 10 heteroatoms. The summed E-state index contributed by atoms with van der Waals surface area (Å²) in [6, 6.07) is 0. The summed E-state index contributed by atoms with van der Waals surface area (Å²) in [4.78, 5) is 37.7. The number of hydrogen-bond acceptors (Lipinski definition) is 8. The highest BCUT2D eigenvalue weighted by Crippen LogP contribution is 2.38. The van der Waals surface area contributed by atoms with E-state index in [9.17, 15) is 19.0 Å². The number of carbonyl (C=O) groups is 2. The van der Waals surface area contributed by atoms with Crippen LogP contribution in [0.4, 0.5) is 0 Å². The number of carbonyl (C=O) groups excluding carboxylic acids is 2. The Hall–Kier alpha value is -2.29. The number of allylic oxidation sites excluding steroid dienone is 10. The number of hydrogen-bond donors (Lipinski definition) is 0. The molecule has 0 radical (unpaired) electrons. The van der Waals surface area contributed by atoms with Crippen molar-refractivity contribution < 1.29 is 42.1 Å². The summed E-state index contributed by atoms with van der Waals surface area (Å²) >= 11 is 0. The SMILES string of the molecule is CCCCC/C=C\C/C=C\C/C=C\C/C=C\CCCCCC(=O)OC[C@H](COP(=O)([O-])OCC[N+](C)(C)C)OC(=O)CCCCCCCCCCCCC/C=C\CCCCCCCC. The fourth-order valence-corrected chi connectivity index (χ4v) is 7.66. The Morgan fingerprint density at radius 2 is 0.844 bits per heavy atom. The Kier molecular flexibility index (Phi) is 44.2. The zero-order chi connectivity index (χ0) is 47.1. The topological polar surface area (TPSA) is 111 Å². The highest BCUT2D eigenvalue weighted by Gasteiger charge is 2.21. The van der Waals surface area contributed by atoms with E-state index in [1.54, 1.807) is 0 Å². The third kappa shape index (κ3) is 49.2. The second kappa shape index (κ2) is 45.8. The van der Waals surface area contributed by atoms with Crippen molar-refractivity contribution in [3.63, 3.8) is 0 Å². The van der Waals surface area contributed by atoms with E-state index in [1.165, 1.54) is 122 Å². The molecule has 0 heterocycles. The highest BCUT2D eigenvalue weighted by atomic mass is 31.2. The first kappa shape index (κ1) is 61.7. The molecule has 0 aliphatic heterocycles. The second-order valence-electron chi connectivity index (χ2n) is 18.5. The van der Waals surface area contributed by atoms with Gasteiger partial charge in [-0.3, -0.25) is 14.2 Å². The Morgan fingerprint density at radius 1 is 0.484 bits per heavy atom. The third-order valence-electron chi connectivity index (χ3n) is 11.0. The predicted molar refractivity (Wildman–Crippen MR) is 268 cm³/mol. The average molecular weight is 920 g/mol. The van der Waals surface area contributed by atoms with Crippen LogP contribution in [0.2, 0.25) is 0 Å². The first-order valence-electron chi connectivity index (χ1n) is 26.0. The van der Waals surface area contributed by atoms with E-state index in [1.807, 2.05) is 21.1 Å². The predicted octanol–water partition coefficient (Wildman–Crippen LogP) is 15.0. The van der Waals surface area contributed by atoms with E-state index in [0.29, 0.717) is 23.9 Å². The van der Waals surface area contributed by atoms with E-state index in [-0.39, 0.29) is 26.1 Å². The lowest BCUT2D eigenvalue weighted by Crippen LogP contribution is -2.37. The minimum atomic E-state index is -4.64. The van der Waals surface area contributed by atoms with Gasteiger partial charge in [-0.1, -0.05) is 184 Å². The van der Waals surface area contributed by atoms with Crippen LogP contribution >= 0.6 is 7.82 Å². The zero-order valence-corrected chi connectivity index (χ0v) is 42.9. The smallest absolute Gasteiger partial charge is 0.306 e. The lowest BCUT2D eigenvalue weighted by Gasteiger charge is -2.28. The molecule has 0 saturated carbocycles. The number of quaternary nitrogens is 1. The number of esters is 2. The molecule has 0 aliphatic carbocycles.